The molecule has 0 aromatic carbocycles. The molecule has 67 heavy (non-hydrogen) atoms. The average Bonchev–Trinajstić information content (AvgIpc) is 3.66. The van der Waals surface area contributed by atoms with Crippen molar-refractivity contribution >= 4 is 0 Å². The van der Waals surface area contributed by atoms with Crippen molar-refractivity contribution in [1.82, 2.24) is 0 Å². The molecule has 7 rings (SSSR count). The van der Waals surface area contributed by atoms with Crippen LogP contribution >= 0.6 is 0 Å². The first kappa shape index (κ1) is 53.8. The molecule has 3 saturated heterocycles. The summed E-state index contributed by atoms with van der Waals surface area (Å²) >= 11 is 0. The molecule has 388 valence electrons. The summed E-state index contributed by atoms with van der Waals surface area (Å²) < 4.78 is 37.9. The van der Waals surface area contributed by atoms with E-state index in [1.165, 1.54) is 0 Å². The van der Waals surface area contributed by atoms with Crippen LogP contribution in [0.4, 0.5) is 0 Å². The van der Waals surface area contributed by atoms with Crippen molar-refractivity contribution < 1.29 is 94.8 Å². The number of ether oxygens (including phenoxy) is 6. The van der Waals surface area contributed by atoms with Crippen LogP contribution < -0.4 is 0 Å². The summed E-state index contributed by atoms with van der Waals surface area (Å²) in [5.74, 6) is -1.22. The number of aliphatic hydroxyl groups excluding tert-OH is 13. The second-order valence-corrected chi connectivity index (χ2v) is 23.1. The van der Waals surface area contributed by atoms with E-state index in [4.69, 9.17) is 28.4 Å². The van der Waals surface area contributed by atoms with Gasteiger partial charge >= 0.3 is 0 Å². The fraction of sp³-hybridized carbons (Fsp3) is 0.958. The zero-order valence-corrected chi connectivity index (χ0v) is 40.3. The Morgan fingerprint density at radius 1 is 0.642 bits per heavy atom. The van der Waals surface area contributed by atoms with Crippen molar-refractivity contribution in [3.05, 3.63) is 11.6 Å². The van der Waals surface area contributed by atoms with Crippen molar-refractivity contribution in [2.45, 2.75) is 223 Å². The minimum atomic E-state index is -1.86. The van der Waals surface area contributed by atoms with Gasteiger partial charge in [0.1, 0.15) is 73.2 Å². The van der Waals surface area contributed by atoms with E-state index >= 15 is 0 Å². The molecule has 7 aliphatic rings. The maximum absolute atomic E-state index is 12.7. The van der Waals surface area contributed by atoms with Crippen molar-refractivity contribution in [3.8, 4) is 0 Å². The highest BCUT2D eigenvalue weighted by atomic mass is 16.8. The van der Waals surface area contributed by atoms with E-state index in [9.17, 15) is 66.4 Å². The maximum Gasteiger partial charge on any atom is 0.187 e. The normalized spacial score (nSPS) is 52.9. The number of hydrogen-bond acceptors (Lipinski definition) is 19. The Balaban J connectivity index is 1.27. The van der Waals surface area contributed by atoms with Gasteiger partial charge in [-0.25, -0.2) is 0 Å². The molecule has 0 amide bonds. The lowest BCUT2D eigenvalue weighted by molar-refractivity contribution is -0.383. The number of fused-ring (bicyclic) bond motifs is 5. The maximum atomic E-state index is 12.7. The van der Waals surface area contributed by atoms with Gasteiger partial charge in [0.15, 0.2) is 18.9 Å². The molecule has 19 heteroatoms. The third-order valence-electron chi connectivity index (χ3n) is 18.7. The van der Waals surface area contributed by atoms with Gasteiger partial charge in [-0.1, -0.05) is 46.3 Å². The number of hydrogen-bond donors (Lipinski definition) is 13. The third-order valence-corrected chi connectivity index (χ3v) is 18.7. The quantitative estimate of drug-likeness (QED) is 0.0773. The first-order valence-corrected chi connectivity index (χ1v) is 24.5. The van der Waals surface area contributed by atoms with Crippen LogP contribution in [-0.4, -0.2) is 202 Å². The first-order chi connectivity index (χ1) is 31.3. The molecule has 3 aliphatic heterocycles. The molecular weight excluding hydrogens is 881 g/mol. The van der Waals surface area contributed by atoms with Crippen LogP contribution in [0, 0.1) is 45.3 Å². The number of allylic oxidation sites excluding steroid dienone is 2. The van der Waals surface area contributed by atoms with Gasteiger partial charge in [-0.3, -0.25) is 0 Å². The monoisotopic (exact) mass is 963 g/mol. The van der Waals surface area contributed by atoms with Crippen LogP contribution in [0.5, 0.6) is 0 Å². The summed E-state index contributed by atoms with van der Waals surface area (Å²) in [5.41, 5.74) is -2.56. The van der Waals surface area contributed by atoms with Crippen molar-refractivity contribution in [3.63, 3.8) is 0 Å². The van der Waals surface area contributed by atoms with E-state index in [2.05, 4.69) is 26.8 Å². The van der Waals surface area contributed by atoms with Crippen LogP contribution in [0.2, 0.25) is 0 Å². The Labute approximate surface area is 393 Å². The van der Waals surface area contributed by atoms with Gasteiger partial charge in [0.05, 0.1) is 43.7 Å². The van der Waals surface area contributed by atoms with E-state index in [-0.39, 0.29) is 17.8 Å². The molecule has 13 N–H and O–H groups in total. The molecule has 0 radical (unpaired) electrons. The second-order valence-electron chi connectivity index (χ2n) is 23.1. The molecule has 19 nitrogen and oxygen atoms in total. The van der Waals surface area contributed by atoms with E-state index in [0.29, 0.717) is 51.4 Å². The Morgan fingerprint density at radius 2 is 1.18 bits per heavy atom. The standard InChI is InChI=1S/C48H82O19/c1-21(2)10-9-13-48(8,67-42-38(61)35(58)32(55)26(19-50)64-42)22-11-15-46(6)30(22)23(52)16-28-45(5)14-12-29(53)44(3,4)40(45)24(17-47(28,46)7)62-43-39(36(59)33(56)27(20-51)65-43)66-41-37(60)34(57)31(54)25(18-49)63-41/h10,22-43,49-61H,9,11-20H2,1-8H3/t22-,23+,24-,25+,26+,27+,28?,29-,30?,31+,32+,33+,34-,35-,36-,37+,38+,39+,40-,41+,42+,43+,45+,46+,47+,48-/m0/s1. The molecule has 0 bridgehead atoms. The van der Waals surface area contributed by atoms with Crippen molar-refractivity contribution in [1.29, 1.82) is 0 Å². The fourth-order valence-corrected chi connectivity index (χ4v) is 14.9. The Bertz CT molecular complexity index is 1710. The largest absolute Gasteiger partial charge is 0.394 e. The highest BCUT2D eigenvalue weighted by molar-refractivity contribution is 5.22. The summed E-state index contributed by atoms with van der Waals surface area (Å²) in [4.78, 5) is 0. The van der Waals surface area contributed by atoms with Gasteiger partial charge in [-0.2, -0.15) is 0 Å². The van der Waals surface area contributed by atoms with Crippen molar-refractivity contribution in [2.75, 3.05) is 19.8 Å². The minimum Gasteiger partial charge on any atom is -0.394 e. The molecule has 0 aromatic heterocycles. The van der Waals surface area contributed by atoms with Crippen LogP contribution in [0.3, 0.4) is 0 Å². The minimum absolute atomic E-state index is 0.110. The molecular formula is C48H82O19. The van der Waals surface area contributed by atoms with Gasteiger partial charge in [0, 0.05) is 0 Å². The predicted molar refractivity (Wildman–Crippen MR) is 235 cm³/mol. The van der Waals surface area contributed by atoms with E-state index in [1.54, 1.807) is 0 Å². The summed E-state index contributed by atoms with van der Waals surface area (Å²) in [6.45, 7) is 14.4. The van der Waals surface area contributed by atoms with Crippen LogP contribution in [0.15, 0.2) is 11.6 Å². The fourth-order valence-electron chi connectivity index (χ4n) is 14.9. The molecule has 26 atom stereocenters. The summed E-state index contributed by atoms with van der Waals surface area (Å²) in [6, 6.07) is 0. The highest BCUT2D eigenvalue weighted by Crippen LogP contribution is 2.76. The Kier molecular flexibility index (Phi) is 15.9. The Morgan fingerprint density at radius 3 is 1.75 bits per heavy atom. The smallest absolute Gasteiger partial charge is 0.187 e. The van der Waals surface area contributed by atoms with Gasteiger partial charge in [0.25, 0.3) is 0 Å². The molecule has 4 saturated carbocycles. The zero-order chi connectivity index (χ0) is 49.5. The lowest BCUT2D eigenvalue weighted by Gasteiger charge is -2.72. The SMILES string of the molecule is CC(C)=CCC[C@](C)(O[C@H]1O[C@H](CO)[C@@H](O)[C@H](O)[C@H]1O)[C@H]1CC[C@]2(C)C1[C@H](O)CC1[C@@]3(C)CC[C@H](O)C(C)(C)[C@@H]3[C@@H](O[C@@H]3O[C@H](CO)[C@@H](O)[C@H](O)[C@H]3O[C@H]3O[C@H](CO)[C@@H](O)[C@H](O)[C@H]3O)C[C@]12C. The van der Waals surface area contributed by atoms with Gasteiger partial charge in [-0.05, 0) is 117 Å². The van der Waals surface area contributed by atoms with Gasteiger partial charge in [-0.15, -0.1) is 0 Å². The molecule has 2 unspecified atom stereocenters. The van der Waals surface area contributed by atoms with Gasteiger partial charge in [0.2, 0.25) is 0 Å². The topological polar surface area (TPSA) is 318 Å². The van der Waals surface area contributed by atoms with E-state index in [1.807, 2.05) is 34.6 Å². The van der Waals surface area contributed by atoms with Crippen LogP contribution in [0.1, 0.15) is 107 Å². The van der Waals surface area contributed by atoms with Crippen LogP contribution in [0.25, 0.3) is 0 Å². The Hall–Kier alpha value is -1.02. The molecule has 3 heterocycles. The highest BCUT2D eigenvalue weighted by Gasteiger charge is 2.74. The molecule has 0 aromatic rings. The zero-order valence-electron chi connectivity index (χ0n) is 40.3. The van der Waals surface area contributed by atoms with E-state index in [0.717, 1.165) is 5.57 Å². The molecule has 7 fully saturated rings. The lowest BCUT2D eigenvalue weighted by Crippen LogP contribution is -2.71. The first-order valence-electron chi connectivity index (χ1n) is 24.5. The average molecular weight is 963 g/mol. The molecule has 0 spiro atoms. The third kappa shape index (κ3) is 9.03. The predicted octanol–water partition coefficient (Wildman–Crippen LogP) is -1.06. The second kappa shape index (κ2) is 19.8. The lowest BCUT2D eigenvalue weighted by atomic mass is 9.34. The summed E-state index contributed by atoms with van der Waals surface area (Å²) in [6.07, 6.45) is -20.0. The number of aliphatic hydroxyl groups is 13. The van der Waals surface area contributed by atoms with E-state index < -0.39 is 163 Å². The van der Waals surface area contributed by atoms with Gasteiger partial charge < -0.3 is 94.8 Å². The van der Waals surface area contributed by atoms with Crippen LogP contribution in [-0.2, 0) is 28.4 Å². The molecule has 4 aliphatic carbocycles. The summed E-state index contributed by atoms with van der Waals surface area (Å²) in [7, 11) is 0. The van der Waals surface area contributed by atoms with Crippen molar-refractivity contribution in [2.24, 2.45) is 45.3 Å². The summed E-state index contributed by atoms with van der Waals surface area (Å²) in [5, 5.41) is 142. The number of rotatable bonds is 13.